The number of aromatic nitrogens is 1. The van der Waals surface area contributed by atoms with Crippen molar-refractivity contribution in [1.29, 1.82) is 5.26 Å². The molecule has 0 amide bonds. The summed E-state index contributed by atoms with van der Waals surface area (Å²) >= 11 is 0. The number of pyridine rings is 1. The molecular weight excluding hydrogens is 124 g/mol. The fourth-order valence-electron chi connectivity index (χ4n) is 0.691. The summed E-state index contributed by atoms with van der Waals surface area (Å²) in [5.41, 5.74) is 1.51. The second-order valence-corrected chi connectivity index (χ2v) is 1.91. The quantitative estimate of drug-likeness (QED) is 0.576. The lowest BCUT2D eigenvalue weighted by atomic mass is 10.2. The van der Waals surface area contributed by atoms with E-state index in [-0.39, 0.29) is 0 Å². The number of rotatable bonds is 1. The maximum Gasteiger partial charge on any atom is 0.140 e. The second-order valence-electron chi connectivity index (χ2n) is 1.91. The molecular formula is C8H7N2. The molecule has 0 aliphatic rings. The molecule has 0 bridgehead atoms. The Bertz CT molecular complexity index is 260. The Kier molecular flexibility index (Phi) is 2.01. The fourth-order valence-corrected chi connectivity index (χ4v) is 0.691. The first-order valence-corrected chi connectivity index (χ1v) is 3.01. The zero-order valence-electron chi connectivity index (χ0n) is 5.54. The van der Waals surface area contributed by atoms with Crippen LogP contribution in [-0.4, -0.2) is 4.98 Å². The Morgan fingerprint density at radius 1 is 1.70 bits per heavy atom. The van der Waals surface area contributed by atoms with E-state index in [2.05, 4.69) is 11.9 Å². The minimum Gasteiger partial charge on any atom is -0.246 e. The van der Waals surface area contributed by atoms with Crippen LogP contribution in [0.3, 0.4) is 0 Å². The highest BCUT2D eigenvalue weighted by molar-refractivity contribution is 5.25. The zero-order valence-corrected chi connectivity index (χ0v) is 5.54. The van der Waals surface area contributed by atoms with E-state index in [1.807, 2.05) is 12.1 Å². The van der Waals surface area contributed by atoms with Crippen molar-refractivity contribution in [2.45, 2.75) is 6.42 Å². The molecule has 0 aliphatic carbocycles. The van der Waals surface area contributed by atoms with Gasteiger partial charge in [0.05, 0.1) is 0 Å². The minimum absolute atomic E-state index is 0.459. The molecule has 0 saturated carbocycles. The van der Waals surface area contributed by atoms with Crippen molar-refractivity contribution in [3.05, 3.63) is 36.5 Å². The number of hydrogen-bond donors (Lipinski definition) is 0. The van der Waals surface area contributed by atoms with Gasteiger partial charge in [0, 0.05) is 6.20 Å². The van der Waals surface area contributed by atoms with Gasteiger partial charge in [-0.3, -0.25) is 0 Å². The van der Waals surface area contributed by atoms with Gasteiger partial charge in [-0.2, -0.15) is 5.26 Å². The molecule has 1 radical (unpaired) electrons. The number of nitrogens with zero attached hydrogens (tertiary/aromatic N) is 2. The molecule has 2 heteroatoms. The van der Waals surface area contributed by atoms with Gasteiger partial charge in [0.2, 0.25) is 0 Å². The summed E-state index contributed by atoms with van der Waals surface area (Å²) in [6.07, 6.45) is 2.33. The van der Waals surface area contributed by atoms with E-state index < -0.39 is 0 Å². The van der Waals surface area contributed by atoms with E-state index in [1.54, 1.807) is 12.3 Å². The predicted octanol–water partition coefficient (Wildman–Crippen LogP) is 1.33. The van der Waals surface area contributed by atoms with Crippen LogP contribution >= 0.6 is 0 Å². The summed E-state index contributed by atoms with van der Waals surface area (Å²) in [6.45, 7) is 3.69. The van der Waals surface area contributed by atoms with Gasteiger partial charge in [-0.05, 0) is 31.0 Å². The van der Waals surface area contributed by atoms with Crippen LogP contribution in [0.15, 0.2) is 18.3 Å². The highest BCUT2D eigenvalue weighted by atomic mass is 14.7. The van der Waals surface area contributed by atoms with Crippen molar-refractivity contribution in [3.8, 4) is 6.07 Å². The molecule has 0 fully saturated rings. The first-order valence-electron chi connectivity index (χ1n) is 3.01. The number of nitriles is 1. The van der Waals surface area contributed by atoms with Gasteiger partial charge in [-0.25, -0.2) is 4.98 Å². The van der Waals surface area contributed by atoms with Gasteiger partial charge < -0.3 is 0 Å². The van der Waals surface area contributed by atoms with Gasteiger partial charge in [-0.1, -0.05) is 0 Å². The van der Waals surface area contributed by atoms with Gasteiger partial charge in [0.1, 0.15) is 11.8 Å². The topological polar surface area (TPSA) is 36.7 Å². The second kappa shape index (κ2) is 2.98. The molecule has 49 valence electrons. The third-order valence-corrected chi connectivity index (χ3v) is 1.23. The van der Waals surface area contributed by atoms with Gasteiger partial charge in [0.25, 0.3) is 0 Å². The van der Waals surface area contributed by atoms with Crippen LogP contribution in [0.4, 0.5) is 0 Å². The molecule has 1 heterocycles. The van der Waals surface area contributed by atoms with Gasteiger partial charge in [-0.15, -0.1) is 0 Å². The highest BCUT2D eigenvalue weighted by Crippen LogP contribution is 1.99. The van der Waals surface area contributed by atoms with Crippen molar-refractivity contribution in [2.24, 2.45) is 0 Å². The van der Waals surface area contributed by atoms with E-state index in [1.165, 1.54) is 0 Å². The summed E-state index contributed by atoms with van der Waals surface area (Å²) in [6, 6.07) is 5.56. The van der Waals surface area contributed by atoms with Crippen molar-refractivity contribution in [3.63, 3.8) is 0 Å². The SMILES string of the molecule is [CH2]Cc1ccnc(C#N)c1. The number of hydrogen-bond acceptors (Lipinski definition) is 2. The molecule has 0 saturated heterocycles. The standard InChI is InChI=1S/C8H7N2/c1-2-7-3-4-10-8(5-7)6-9/h3-5H,1-2H2. The summed E-state index contributed by atoms with van der Waals surface area (Å²) in [5, 5.41) is 8.42. The van der Waals surface area contributed by atoms with Crippen molar-refractivity contribution in [2.75, 3.05) is 0 Å². The Balaban J connectivity index is 3.01. The van der Waals surface area contributed by atoms with Crippen LogP contribution in [0.5, 0.6) is 0 Å². The Labute approximate surface area is 60.1 Å². The van der Waals surface area contributed by atoms with E-state index in [4.69, 9.17) is 5.26 Å². The Morgan fingerprint density at radius 3 is 3.10 bits per heavy atom. The molecule has 0 unspecified atom stereocenters. The predicted molar refractivity (Wildman–Crippen MR) is 38.0 cm³/mol. The Hall–Kier alpha value is -1.36. The third-order valence-electron chi connectivity index (χ3n) is 1.23. The lowest BCUT2D eigenvalue weighted by Crippen LogP contribution is -1.85. The molecule has 0 atom stereocenters. The molecule has 0 aromatic carbocycles. The average Bonchev–Trinajstić information content (AvgIpc) is 2.05. The van der Waals surface area contributed by atoms with Crippen molar-refractivity contribution >= 4 is 0 Å². The molecule has 0 aliphatic heterocycles. The summed E-state index contributed by atoms with van der Waals surface area (Å²) in [7, 11) is 0. The molecule has 2 nitrogen and oxygen atoms in total. The van der Waals surface area contributed by atoms with Crippen LogP contribution in [-0.2, 0) is 6.42 Å². The van der Waals surface area contributed by atoms with Crippen LogP contribution in [0.1, 0.15) is 11.3 Å². The summed E-state index contributed by atoms with van der Waals surface area (Å²) < 4.78 is 0. The molecule has 0 N–H and O–H groups in total. The average molecular weight is 131 g/mol. The van der Waals surface area contributed by atoms with Crippen LogP contribution in [0.2, 0.25) is 0 Å². The van der Waals surface area contributed by atoms with Crippen LogP contribution in [0, 0.1) is 18.3 Å². The largest absolute Gasteiger partial charge is 0.246 e. The third kappa shape index (κ3) is 1.32. The van der Waals surface area contributed by atoms with Gasteiger partial charge in [0.15, 0.2) is 0 Å². The first-order chi connectivity index (χ1) is 4.86. The van der Waals surface area contributed by atoms with Crippen LogP contribution in [0.25, 0.3) is 0 Å². The van der Waals surface area contributed by atoms with E-state index >= 15 is 0 Å². The summed E-state index contributed by atoms with van der Waals surface area (Å²) in [4.78, 5) is 3.82. The molecule has 0 spiro atoms. The van der Waals surface area contributed by atoms with E-state index in [0.29, 0.717) is 12.1 Å². The molecule has 1 rings (SSSR count). The maximum absolute atomic E-state index is 8.42. The smallest absolute Gasteiger partial charge is 0.140 e. The van der Waals surface area contributed by atoms with Crippen molar-refractivity contribution < 1.29 is 0 Å². The molecule has 10 heavy (non-hydrogen) atoms. The normalized spacial score (nSPS) is 8.80. The maximum atomic E-state index is 8.42. The monoisotopic (exact) mass is 131 g/mol. The molecule has 1 aromatic rings. The highest BCUT2D eigenvalue weighted by Gasteiger charge is 1.91. The van der Waals surface area contributed by atoms with Crippen LogP contribution < -0.4 is 0 Å². The summed E-state index contributed by atoms with van der Waals surface area (Å²) in [5.74, 6) is 0. The lowest BCUT2D eigenvalue weighted by Gasteiger charge is -1.92. The van der Waals surface area contributed by atoms with E-state index in [9.17, 15) is 0 Å². The zero-order chi connectivity index (χ0) is 7.40. The van der Waals surface area contributed by atoms with Crippen molar-refractivity contribution in [1.82, 2.24) is 4.98 Å². The molecule has 1 aromatic heterocycles. The minimum atomic E-state index is 0.459. The fraction of sp³-hybridized carbons (Fsp3) is 0.125. The Morgan fingerprint density at radius 2 is 2.50 bits per heavy atom. The van der Waals surface area contributed by atoms with E-state index in [0.717, 1.165) is 5.56 Å². The van der Waals surface area contributed by atoms with Gasteiger partial charge >= 0.3 is 0 Å². The first kappa shape index (κ1) is 6.76. The lowest BCUT2D eigenvalue weighted by molar-refractivity contribution is 1.18.